The summed E-state index contributed by atoms with van der Waals surface area (Å²) in [5.74, 6) is -0.362. The zero-order chi connectivity index (χ0) is 16.3. The molecule has 0 aliphatic carbocycles. The van der Waals surface area contributed by atoms with Gasteiger partial charge >= 0.3 is 14.8 Å². The highest BCUT2D eigenvalue weighted by Crippen LogP contribution is 2.14. The molecular formula is C14H28O6Si. The van der Waals surface area contributed by atoms with E-state index in [1.807, 2.05) is 6.92 Å². The molecule has 0 N–H and O–H groups in total. The number of esters is 1. The number of rotatable bonds is 12. The van der Waals surface area contributed by atoms with Crippen molar-refractivity contribution >= 4 is 14.8 Å². The minimum Gasteiger partial charge on any atom is -0.459 e. The van der Waals surface area contributed by atoms with Gasteiger partial charge in [0.1, 0.15) is 6.10 Å². The first-order chi connectivity index (χ1) is 9.90. The summed E-state index contributed by atoms with van der Waals surface area (Å²) in [5.41, 5.74) is 0.405. The minimum absolute atomic E-state index is 0.181. The third-order valence-electron chi connectivity index (χ3n) is 3.03. The molecule has 0 aromatic heterocycles. The van der Waals surface area contributed by atoms with Gasteiger partial charge in [0.15, 0.2) is 0 Å². The van der Waals surface area contributed by atoms with E-state index in [9.17, 15) is 4.79 Å². The summed E-state index contributed by atoms with van der Waals surface area (Å²) in [5, 5.41) is 0. The van der Waals surface area contributed by atoms with Crippen molar-refractivity contribution in [3.63, 3.8) is 0 Å². The predicted octanol–water partition coefficient (Wildman–Crippen LogP) is 2.17. The molecule has 0 fully saturated rings. The lowest BCUT2D eigenvalue weighted by Crippen LogP contribution is -2.42. The van der Waals surface area contributed by atoms with Crippen LogP contribution < -0.4 is 0 Å². The first kappa shape index (κ1) is 20.3. The summed E-state index contributed by atoms with van der Waals surface area (Å²) in [6.07, 6.45) is 1.27. The highest BCUT2D eigenvalue weighted by Gasteiger charge is 2.36. The van der Waals surface area contributed by atoms with E-state index in [1.54, 1.807) is 28.3 Å². The van der Waals surface area contributed by atoms with Crippen molar-refractivity contribution in [3.8, 4) is 0 Å². The second-order valence-electron chi connectivity index (χ2n) is 4.80. The Balaban J connectivity index is 3.73. The molecule has 0 saturated carbocycles. The van der Waals surface area contributed by atoms with E-state index < -0.39 is 8.80 Å². The number of hydrogen-bond donors (Lipinski definition) is 0. The first-order valence-corrected chi connectivity index (χ1v) is 8.93. The molecule has 0 rings (SSSR count). The van der Waals surface area contributed by atoms with Crippen molar-refractivity contribution in [1.82, 2.24) is 0 Å². The fourth-order valence-corrected chi connectivity index (χ4v) is 3.33. The van der Waals surface area contributed by atoms with Crippen LogP contribution in [-0.4, -0.2) is 55.4 Å². The van der Waals surface area contributed by atoms with Crippen LogP contribution >= 0.6 is 0 Å². The van der Waals surface area contributed by atoms with E-state index in [-0.39, 0.29) is 12.1 Å². The molecule has 21 heavy (non-hydrogen) atoms. The Kier molecular flexibility index (Phi) is 10.5. The fourth-order valence-electron chi connectivity index (χ4n) is 1.64. The van der Waals surface area contributed by atoms with Crippen LogP contribution in [0.25, 0.3) is 0 Å². The van der Waals surface area contributed by atoms with Gasteiger partial charge in [0.05, 0.1) is 6.61 Å². The Bertz CT molecular complexity index is 308. The standard InChI is InChI=1S/C14H28O6Si/c1-12(2)14(15)20-13(3)8-10-19-9-7-11-21(16-4,17-5)18-6/h13H,1,7-11H2,2-6H3. The molecule has 0 spiro atoms. The van der Waals surface area contributed by atoms with Gasteiger partial charge in [-0.15, -0.1) is 0 Å². The predicted molar refractivity (Wildman–Crippen MR) is 82.0 cm³/mol. The van der Waals surface area contributed by atoms with Gasteiger partial charge in [-0.2, -0.15) is 0 Å². The van der Waals surface area contributed by atoms with Gasteiger partial charge in [0.25, 0.3) is 0 Å². The highest BCUT2D eigenvalue weighted by atomic mass is 28.4. The average molecular weight is 320 g/mol. The Morgan fingerprint density at radius 2 is 1.71 bits per heavy atom. The summed E-state index contributed by atoms with van der Waals surface area (Å²) >= 11 is 0. The molecule has 0 aromatic rings. The van der Waals surface area contributed by atoms with E-state index in [1.165, 1.54) is 0 Å². The maximum absolute atomic E-state index is 11.3. The Labute approximate surface area is 128 Å². The van der Waals surface area contributed by atoms with Gasteiger partial charge in [0, 0.05) is 46.0 Å². The molecule has 0 radical (unpaired) electrons. The van der Waals surface area contributed by atoms with E-state index in [0.717, 1.165) is 6.42 Å². The van der Waals surface area contributed by atoms with Crippen LogP contribution in [0.1, 0.15) is 26.7 Å². The van der Waals surface area contributed by atoms with E-state index >= 15 is 0 Å². The molecule has 124 valence electrons. The lowest BCUT2D eigenvalue weighted by Gasteiger charge is -2.24. The van der Waals surface area contributed by atoms with Gasteiger partial charge in [-0.25, -0.2) is 4.79 Å². The fraction of sp³-hybridized carbons (Fsp3) is 0.786. The van der Waals surface area contributed by atoms with Crippen molar-refractivity contribution in [2.24, 2.45) is 0 Å². The van der Waals surface area contributed by atoms with Gasteiger partial charge < -0.3 is 22.8 Å². The lowest BCUT2D eigenvalue weighted by atomic mass is 10.3. The van der Waals surface area contributed by atoms with Crippen molar-refractivity contribution in [2.45, 2.75) is 38.8 Å². The van der Waals surface area contributed by atoms with Gasteiger partial charge in [-0.3, -0.25) is 0 Å². The summed E-state index contributed by atoms with van der Waals surface area (Å²) in [6.45, 7) is 8.13. The molecule has 0 aromatic carbocycles. The van der Waals surface area contributed by atoms with Crippen molar-refractivity contribution in [1.29, 1.82) is 0 Å². The number of hydrogen-bond acceptors (Lipinski definition) is 6. The number of carbonyl (C=O) groups is 1. The average Bonchev–Trinajstić information content (AvgIpc) is 2.47. The third kappa shape index (κ3) is 8.33. The molecule has 0 bridgehead atoms. The second kappa shape index (κ2) is 10.9. The normalized spacial score (nSPS) is 13.0. The van der Waals surface area contributed by atoms with E-state index in [4.69, 9.17) is 22.8 Å². The summed E-state index contributed by atoms with van der Waals surface area (Å²) < 4.78 is 26.6. The smallest absolute Gasteiger partial charge is 0.459 e. The molecule has 0 amide bonds. The molecule has 0 aliphatic rings. The highest BCUT2D eigenvalue weighted by molar-refractivity contribution is 6.60. The summed E-state index contributed by atoms with van der Waals surface area (Å²) in [7, 11) is 2.29. The monoisotopic (exact) mass is 320 g/mol. The van der Waals surface area contributed by atoms with Crippen molar-refractivity contribution in [3.05, 3.63) is 12.2 Å². The van der Waals surface area contributed by atoms with Crippen molar-refractivity contribution < 1.29 is 27.5 Å². The molecule has 6 nitrogen and oxygen atoms in total. The van der Waals surface area contributed by atoms with Gasteiger partial charge in [0.2, 0.25) is 0 Å². The number of carbonyl (C=O) groups excluding carboxylic acids is 1. The quantitative estimate of drug-likeness (QED) is 0.238. The van der Waals surface area contributed by atoms with Crippen LogP contribution in [-0.2, 0) is 27.5 Å². The first-order valence-electron chi connectivity index (χ1n) is 7.00. The van der Waals surface area contributed by atoms with Crippen LogP contribution in [0.2, 0.25) is 6.04 Å². The Hall–Kier alpha value is -0.733. The van der Waals surface area contributed by atoms with E-state index in [0.29, 0.717) is 31.3 Å². The van der Waals surface area contributed by atoms with Crippen LogP contribution in [0.3, 0.4) is 0 Å². The summed E-state index contributed by atoms with van der Waals surface area (Å²) in [4.78, 5) is 11.3. The maximum Gasteiger partial charge on any atom is 0.500 e. The molecule has 1 unspecified atom stereocenters. The zero-order valence-electron chi connectivity index (χ0n) is 13.8. The van der Waals surface area contributed by atoms with E-state index in [2.05, 4.69) is 6.58 Å². The minimum atomic E-state index is -2.49. The zero-order valence-corrected chi connectivity index (χ0v) is 14.8. The second-order valence-corrected chi connectivity index (χ2v) is 7.89. The van der Waals surface area contributed by atoms with Crippen LogP contribution in [0.5, 0.6) is 0 Å². The van der Waals surface area contributed by atoms with Gasteiger partial charge in [-0.1, -0.05) is 6.58 Å². The summed E-state index contributed by atoms with van der Waals surface area (Å²) in [6, 6.07) is 0.705. The van der Waals surface area contributed by atoms with Crippen LogP contribution in [0.15, 0.2) is 12.2 Å². The Morgan fingerprint density at radius 1 is 1.14 bits per heavy atom. The molecule has 0 saturated heterocycles. The van der Waals surface area contributed by atoms with Gasteiger partial charge in [-0.05, 0) is 20.3 Å². The molecule has 0 heterocycles. The maximum atomic E-state index is 11.3. The molecule has 7 heteroatoms. The molecule has 0 aliphatic heterocycles. The SMILES string of the molecule is C=C(C)C(=O)OC(C)CCOCCC[Si](OC)(OC)OC. The topological polar surface area (TPSA) is 63.2 Å². The molecular weight excluding hydrogens is 292 g/mol. The van der Waals surface area contributed by atoms with Crippen LogP contribution in [0.4, 0.5) is 0 Å². The van der Waals surface area contributed by atoms with Crippen molar-refractivity contribution in [2.75, 3.05) is 34.5 Å². The number of ether oxygens (including phenoxy) is 2. The van der Waals surface area contributed by atoms with Crippen LogP contribution in [0, 0.1) is 0 Å². The largest absolute Gasteiger partial charge is 0.500 e. The third-order valence-corrected chi connectivity index (χ3v) is 5.86. The molecule has 1 atom stereocenters. The lowest BCUT2D eigenvalue weighted by molar-refractivity contribution is -0.144. The Morgan fingerprint density at radius 3 is 2.19 bits per heavy atom.